The minimum absolute atomic E-state index is 0.960. The highest BCUT2D eigenvalue weighted by molar-refractivity contribution is 4.91. The Balaban J connectivity index is 1.42. The minimum Gasteiger partial charge on any atom is -0.0654 e. The Labute approximate surface area is 172 Å². The van der Waals surface area contributed by atoms with Gasteiger partial charge in [-0.3, -0.25) is 0 Å². The molecule has 6 atom stereocenters. The number of rotatable bonds is 18. The first-order valence-corrected chi connectivity index (χ1v) is 13.2. The highest BCUT2D eigenvalue weighted by Gasteiger charge is 2.41. The molecule has 0 heteroatoms. The van der Waals surface area contributed by atoms with E-state index in [2.05, 4.69) is 27.7 Å². The molecule has 0 nitrogen and oxygen atoms in total. The van der Waals surface area contributed by atoms with Crippen LogP contribution in [0.25, 0.3) is 0 Å². The molecule has 2 aliphatic carbocycles. The molecule has 2 rings (SSSR count). The van der Waals surface area contributed by atoms with Crippen LogP contribution < -0.4 is 0 Å². The van der Waals surface area contributed by atoms with Gasteiger partial charge in [0.05, 0.1) is 0 Å². The lowest BCUT2D eigenvalue weighted by atomic mass is 9.86. The van der Waals surface area contributed by atoms with Crippen molar-refractivity contribution in [2.24, 2.45) is 35.5 Å². The molecule has 0 heterocycles. The second kappa shape index (κ2) is 13.3. The molecular formula is C27H52. The van der Waals surface area contributed by atoms with Gasteiger partial charge in [-0.2, -0.15) is 0 Å². The van der Waals surface area contributed by atoms with Gasteiger partial charge in [-0.1, -0.05) is 124 Å². The fourth-order valence-electron chi connectivity index (χ4n) is 5.67. The number of unbranched alkanes of at least 4 members (excludes halogenated alkanes) is 8. The molecule has 0 N–H and O–H groups in total. The van der Waals surface area contributed by atoms with E-state index < -0.39 is 0 Å². The Morgan fingerprint density at radius 3 is 1.78 bits per heavy atom. The standard InChI is InChI=1S/C27H52/c1-5-7-9-10-11-13-16-22(3)23(4)27-21-26(27)19-15-14-18-25-20-24(25)17-12-8-6-2/h22-27H,5-21H2,1-4H3. The first-order chi connectivity index (χ1) is 13.2. The van der Waals surface area contributed by atoms with Gasteiger partial charge in [-0.15, -0.1) is 0 Å². The van der Waals surface area contributed by atoms with Crippen LogP contribution in [0.4, 0.5) is 0 Å². The van der Waals surface area contributed by atoms with E-state index in [4.69, 9.17) is 0 Å². The summed E-state index contributed by atoms with van der Waals surface area (Å²) in [6.45, 7) is 9.74. The molecular weight excluding hydrogens is 324 g/mol. The fourth-order valence-corrected chi connectivity index (χ4v) is 5.67. The van der Waals surface area contributed by atoms with Gasteiger partial charge in [0, 0.05) is 0 Å². The average Bonchev–Trinajstić information content (AvgIpc) is 3.57. The summed E-state index contributed by atoms with van der Waals surface area (Å²) in [5.74, 6) is 6.40. The molecule has 2 aliphatic rings. The van der Waals surface area contributed by atoms with Crippen LogP contribution in [-0.2, 0) is 0 Å². The Kier molecular flexibility index (Phi) is 11.4. The SMILES string of the molecule is CCCCCCCCC(C)C(C)C1CC1CCCCC1CC1CCCCC. The predicted octanol–water partition coefficient (Wildman–Crippen LogP) is 9.42. The van der Waals surface area contributed by atoms with Gasteiger partial charge in [0.1, 0.15) is 0 Å². The van der Waals surface area contributed by atoms with E-state index in [9.17, 15) is 0 Å². The van der Waals surface area contributed by atoms with Gasteiger partial charge in [0.2, 0.25) is 0 Å². The smallest absolute Gasteiger partial charge is 0.0355 e. The van der Waals surface area contributed by atoms with Crippen LogP contribution >= 0.6 is 0 Å². The molecule has 0 bridgehead atoms. The molecule has 160 valence electrons. The summed E-state index contributed by atoms with van der Waals surface area (Å²) >= 11 is 0. The van der Waals surface area contributed by atoms with Gasteiger partial charge in [-0.05, 0) is 48.3 Å². The van der Waals surface area contributed by atoms with Crippen molar-refractivity contribution in [3.63, 3.8) is 0 Å². The lowest BCUT2D eigenvalue weighted by Crippen LogP contribution is -2.11. The molecule has 0 aromatic heterocycles. The third kappa shape index (κ3) is 9.36. The maximum Gasteiger partial charge on any atom is -0.0355 e. The van der Waals surface area contributed by atoms with Gasteiger partial charge in [0.15, 0.2) is 0 Å². The maximum absolute atomic E-state index is 2.57. The van der Waals surface area contributed by atoms with Gasteiger partial charge >= 0.3 is 0 Å². The molecule has 0 aromatic carbocycles. The van der Waals surface area contributed by atoms with E-state index in [0.29, 0.717) is 0 Å². The van der Waals surface area contributed by atoms with Crippen molar-refractivity contribution < 1.29 is 0 Å². The van der Waals surface area contributed by atoms with Crippen molar-refractivity contribution in [2.45, 2.75) is 137 Å². The van der Waals surface area contributed by atoms with E-state index in [-0.39, 0.29) is 0 Å². The second-order valence-electron chi connectivity index (χ2n) is 10.6. The largest absolute Gasteiger partial charge is 0.0654 e. The summed E-state index contributed by atoms with van der Waals surface area (Å²) in [4.78, 5) is 0. The zero-order valence-corrected chi connectivity index (χ0v) is 19.5. The molecule has 2 fully saturated rings. The molecule has 0 amide bonds. The summed E-state index contributed by atoms with van der Waals surface area (Å²) in [7, 11) is 0. The minimum atomic E-state index is 0.960. The normalized spacial score (nSPS) is 28.9. The van der Waals surface area contributed by atoms with Crippen molar-refractivity contribution in [3.05, 3.63) is 0 Å². The zero-order chi connectivity index (χ0) is 19.5. The van der Waals surface area contributed by atoms with Crippen LogP contribution in [0.2, 0.25) is 0 Å². The molecule has 2 saturated carbocycles. The first-order valence-electron chi connectivity index (χ1n) is 13.2. The monoisotopic (exact) mass is 376 g/mol. The molecule has 0 aromatic rings. The lowest BCUT2D eigenvalue weighted by Gasteiger charge is -2.20. The predicted molar refractivity (Wildman–Crippen MR) is 122 cm³/mol. The van der Waals surface area contributed by atoms with Crippen LogP contribution in [0, 0.1) is 35.5 Å². The van der Waals surface area contributed by atoms with E-state index in [1.807, 2.05) is 0 Å². The number of hydrogen-bond acceptors (Lipinski definition) is 0. The maximum atomic E-state index is 2.57. The lowest BCUT2D eigenvalue weighted by molar-refractivity contribution is 0.301. The fraction of sp³-hybridized carbons (Fsp3) is 1.00. The van der Waals surface area contributed by atoms with Crippen molar-refractivity contribution in [2.75, 3.05) is 0 Å². The van der Waals surface area contributed by atoms with Crippen molar-refractivity contribution in [3.8, 4) is 0 Å². The summed E-state index contributed by atoms with van der Waals surface area (Å²) < 4.78 is 0. The first kappa shape index (κ1) is 23.3. The Hall–Kier alpha value is 0. The molecule has 0 aliphatic heterocycles. The molecule has 27 heavy (non-hydrogen) atoms. The molecule has 0 spiro atoms. The van der Waals surface area contributed by atoms with Crippen LogP contribution in [0.1, 0.15) is 137 Å². The van der Waals surface area contributed by atoms with Crippen LogP contribution in [0.15, 0.2) is 0 Å². The molecule has 0 radical (unpaired) electrons. The highest BCUT2D eigenvalue weighted by atomic mass is 14.5. The van der Waals surface area contributed by atoms with Crippen LogP contribution in [0.3, 0.4) is 0 Å². The topological polar surface area (TPSA) is 0 Å². The van der Waals surface area contributed by atoms with Crippen molar-refractivity contribution >= 4 is 0 Å². The van der Waals surface area contributed by atoms with Crippen LogP contribution in [0.5, 0.6) is 0 Å². The van der Waals surface area contributed by atoms with E-state index in [0.717, 1.165) is 35.5 Å². The summed E-state index contributed by atoms with van der Waals surface area (Å²) in [6, 6.07) is 0. The van der Waals surface area contributed by atoms with E-state index in [1.54, 1.807) is 25.7 Å². The van der Waals surface area contributed by atoms with Gasteiger partial charge in [-0.25, -0.2) is 0 Å². The summed E-state index contributed by atoms with van der Waals surface area (Å²) in [5, 5.41) is 0. The summed E-state index contributed by atoms with van der Waals surface area (Å²) in [5.41, 5.74) is 0. The third-order valence-corrected chi connectivity index (χ3v) is 8.21. The summed E-state index contributed by atoms with van der Waals surface area (Å²) in [6.07, 6.45) is 25.4. The Bertz CT molecular complexity index is 359. The zero-order valence-electron chi connectivity index (χ0n) is 19.5. The molecule has 0 saturated heterocycles. The number of hydrogen-bond donors (Lipinski definition) is 0. The Morgan fingerprint density at radius 1 is 0.593 bits per heavy atom. The van der Waals surface area contributed by atoms with Crippen LogP contribution in [-0.4, -0.2) is 0 Å². The highest BCUT2D eigenvalue weighted by Crippen LogP contribution is 2.51. The Morgan fingerprint density at radius 2 is 1.11 bits per heavy atom. The average molecular weight is 377 g/mol. The van der Waals surface area contributed by atoms with E-state index in [1.165, 1.54) is 83.5 Å². The van der Waals surface area contributed by atoms with Gasteiger partial charge in [0.25, 0.3) is 0 Å². The van der Waals surface area contributed by atoms with E-state index >= 15 is 0 Å². The van der Waals surface area contributed by atoms with Gasteiger partial charge < -0.3 is 0 Å². The van der Waals surface area contributed by atoms with Crippen molar-refractivity contribution in [1.29, 1.82) is 0 Å². The second-order valence-corrected chi connectivity index (χ2v) is 10.6. The molecule has 6 unspecified atom stereocenters. The quantitative estimate of drug-likeness (QED) is 0.209. The van der Waals surface area contributed by atoms with Crippen molar-refractivity contribution in [1.82, 2.24) is 0 Å². The third-order valence-electron chi connectivity index (χ3n) is 8.21.